The maximum absolute atomic E-state index is 4.27. The van der Waals surface area contributed by atoms with Crippen LogP contribution in [0.15, 0.2) is 34.1 Å². The Hall–Kier alpha value is -1.38. The SMILES string of the molecule is C=C1C=C(C(C)C)N=CN1/N=C\C.CC. The second-order valence-corrected chi connectivity index (χ2v) is 3.18. The molecule has 0 radical (unpaired) electrons. The van der Waals surface area contributed by atoms with E-state index in [0.717, 1.165) is 11.4 Å². The van der Waals surface area contributed by atoms with Crippen molar-refractivity contribution in [2.24, 2.45) is 16.0 Å². The lowest BCUT2D eigenvalue weighted by atomic mass is 10.1. The van der Waals surface area contributed by atoms with Gasteiger partial charge in [-0.3, -0.25) is 0 Å². The van der Waals surface area contributed by atoms with E-state index in [1.165, 1.54) is 0 Å². The lowest BCUT2D eigenvalue weighted by Gasteiger charge is -2.19. The van der Waals surface area contributed by atoms with Crippen LogP contribution < -0.4 is 0 Å². The first-order valence-corrected chi connectivity index (χ1v) is 5.37. The van der Waals surface area contributed by atoms with E-state index in [1.54, 1.807) is 17.6 Å². The third-order valence-electron chi connectivity index (χ3n) is 1.76. The maximum atomic E-state index is 4.27. The van der Waals surface area contributed by atoms with Crippen molar-refractivity contribution in [3.05, 3.63) is 24.0 Å². The van der Waals surface area contributed by atoms with Crippen molar-refractivity contribution < 1.29 is 0 Å². The fourth-order valence-electron chi connectivity index (χ4n) is 1.01. The van der Waals surface area contributed by atoms with Crippen LogP contribution in [0, 0.1) is 5.92 Å². The van der Waals surface area contributed by atoms with Crippen LogP contribution in [0.4, 0.5) is 0 Å². The third-order valence-corrected chi connectivity index (χ3v) is 1.76. The lowest BCUT2D eigenvalue weighted by Crippen LogP contribution is -2.17. The van der Waals surface area contributed by atoms with Crippen LogP contribution in [0.1, 0.15) is 34.6 Å². The fraction of sp³-hybridized carbons (Fsp3) is 0.500. The highest BCUT2D eigenvalue weighted by Crippen LogP contribution is 2.18. The minimum Gasteiger partial charge on any atom is -0.241 e. The van der Waals surface area contributed by atoms with E-state index in [1.807, 2.05) is 26.8 Å². The summed E-state index contributed by atoms with van der Waals surface area (Å²) in [5, 5.41) is 5.73. The highest BCUT2D eigenvalue weighted by molar-refractivity contribution is 5.65. The average molecular weight is 207 g/mol. The molecule has 0 spiro atoms. The third kappa shape index (κ3) is 4.11. The molecular formula is C12H21N3. The predicted octanol–water partition coefficient (Wildman–Crippen LogP) is 3.42. The number of hydrazone groups is 1. The van der Waals surface area contributed by atoms with Gasteiger partial charge in [0, 0.05) is 11.9 Å². The Labute approximate surface area is 92.9 Å². The van der Waals surface area contributed by atoms with Gasteiger partial charge in [-0.25, -0.2) is 10.0 Å². The maximum Gasteiger partial charge on any atom is 0.117 e. The number of aliphatic imine (C=N–C) groups is 1. The molecular weight excluding hydrogens is 186 g/mol. The molecule has 3 heteroatoms. The number of hydrogen-bond acceptors (Lipinski definition) is 3. The summed E-state index contributed by atoms with van der Waals surface area (Å²) < 4.78 is 0. The largest absolute Gasteiger partial charge is 0.241 e. The van der Waals surface area contributed by atoms with Crippen molar-refractivity contribution in [2.75, 3.05) is 0 Å². The van der Waals surface area contributed by atoms with Crippen LogP contribution in [0.3, 0.4) is 0 Å². The Kier molecular flexibility index (Phi) is 6.34. The highest BCUT2D eigenvalue weighted by Gasteiger charge is 2.10. The monoisotopic (exact) mass is 207 g/mol. The summed E-state index contributed by atoms with van der Waals surface area (Å²) in [6.45, 7) is 14.0. The Balaban J connectivity index is 0.000000921. The first-order chi connectivity index (χ1) is 7.15. The van der Waals surface area contributed by atoms with Gasteiger partial charge in [0.15, 0.2) is 0 Å². The molecule has 3 nitrogen and oxygen atoms in total. The van der Waals surface area contributed by atoms with E-state index in [0.29, 0.717) is 5.92 Å². The van der Waals surface area contributed by atoms with Gasteiger partial charge in [0.25, 0.3) is 0 Å². The molecule has 0 saturated heterocycles. The van der Waals surface area contributed by atoms with Gasteiger partial charge in [0.05, 0.1) is 5.70 Å². The molecule has 84 valence electrons. The smallest absolute Gasteiger partial charge is 0.117 e. The zero-order chi connectivity index (χ0) is 11.8. The minimum absolute atomic E-state index is 0.431. The summed E-state index contributed by atoms with van der Waals surface area (Å²) in [5.74, 6) is 0.431. The summed E-state index contributed by atoms with van der Waals surface area (Å²) in [6, 6.07) is 0. The van der Waals surface area contributed by atoms with Crippen LogP contribution in [0.25, 0.3) is 0 Å². The summed E-state index contributed by atoms with van der Waals surface area (Å²) in [6.07, 6.45) is 5.36. The molecule has 1 aliphatic rings. The van der Waals surface area contributed by atoms with Gasteiger partial charge in [-0.15, -0.1) is 0 Å². The summed E-state index contributed by atoms with van der Waals surface area (Å²) in [4.78, 5) is 4.27. The zero-order valence-corrected chi connectivity index (χ0v) is 10.4. The molecule has 0 aromatic heterocycles. The van der Waals surface area contributed by atoms with E-state index >= 15 is 0 Å². The minimum atomic E-state index is 0.431. The van der Waals surface area contributed by atoms with Crippen molar-refractivity contribution in [3.63, 3.8) is 0 Å². The average Bonchev–Trinajstić information content (AvgIpc) is 2.24. The molecule has 0 aliphatic carbocycles. The van der Waals surface area contributed by atoms with Crippen LogP contribution in [-0.2, 0) is 0 Å². The number of rotatable bonds is 2. The van der Waals surface area contributed by atoms with E-state index in [9.17, 15) is 0 Å². The number of nitrogens with zero attached hydrogens (tertiary/aromatic N) is 3. The number of allylic oxidation sites excluding steroid dienone is 2. The standard InChI is InChI=1S/C10H15N3.C2H6/c1-5-12-13-7-11-10(8(2)3)6-9(13)4;1-2/h5-8H,4H2,1-3H3;1-2H3/b12-5-;. The molecule has 1 heterocycles. The molecule has 0 atom stereocenters. The summed E-state index contributed by atoms with van der Waals surface area (Å²) >= 11 is 0. The highest BCUT2D eigenvalue weighted by atomic mass is 15.5. The van der Waals surface area contributed by atoms with E-state index < -0.39 is 0 Å². The van der Waals surface area contributed by atoms with Gasteiger partial charge in [-0.1, -0.05) is 34.3 Å². The molecule has 0 saturated carbocycles. The van der Waals surface area contributed by atoms with Gasteiger partial charge in [0.1, 0.15) is 6.34 Å². The van der Waals surface area contributed by atoms with E-state index in [4.69, 9.17) is 0 Å². The lowest BCUT2D eigenvalue weighted by molar-refractivity contribution is 0.572. The van der Waals surface area contributed by atoms with Gasteiger partial charge < -0.3 is 0 Å². The van der Waals surface area contributed by atoms with Crippen molar-refractivity contribution in [1.29, 1.82) is 0 Å². The molecule has 0 amide bonds. The van der Waals surface area contributed by atoms with Crippen LogP contribution >= 0.6 is 0 Å². The Morgan fingerprint density at radius 2 is 2.07 bits per heavy atom. The van der Waals surface area contributed by atoms with Crippen molar-refractivity contribution in [2.45, 2.75) is 34.6 Å². The quantitative estimate of drug-likeness (QED) is 0.638. The zero-order valence-electron chi connectivity index (χ0n) is 10.4. The first-order valence-electron chi connectivity index (χ1n) is 5.37. The molecule has 1 rings (SSSR count). The molecule has 0 unspecified atom stereocenters. The van der Waals surface area contributed by atoms with Crippen molar-refractivity contribution >= 4 is 12.6 Å². The normalized spacial score (nSPS) is 15.5. The van der Waals surface area contributed by atoms with Crippen LogP contribution in [0.5, 0.6) is 0 Å². The topological polar surface area (TPSA) is 28.0 Å². The molecule has 0 fully saturated rings. The van der Waals surface area contributed by atoms with Crippen LogP contribution in [-0.4, -0.2) is 17.6 Å². The second kappa shape index (κ2) is 6.98. The fourth-order valence-corrected chi connectivity index (χ4v) is 1.01. The van der Waals surface area contributed by atoms with Crippen LogP contribution in [0.2, 0.25) is 0 Å². The first kappa shape index (κ1) is 13.6. The molecule has 0 N–H and O–H groups in total. The molecule has 0 bridgehead atoms. The van der Waals surface area contributed by atoms with Gasteiger partial charge in [0.2, 0.25) is 0 Å². The molecule has 15 heavy (non-hydrogen) atoms. The Bertz CT molecular complexity index is 285. The van der Waals surface area contributed by atoms with E-state index in [-0.39, 0.29) is 0 Å². The van der Waals surface area contributed by atoms with E-state index in [2.05, 4.69) is 30.5 Å². The van der Waals surface area contributed by atoms with Crippen molar-refractivity contribution in [3.8, 4) is 0 Å². The van der Waals surface area contributed by atoms with Gasteiger partial charge in [-0.2, -0.15) is 5.10 Å². The predicted molar refractivity (Wildman–Crippen MR) is 67.9 cm³/mol. The van der Waals surface area contributed by atoms with Crippen molar-refractivity contribution in [1.82, 2.24) is 5.01 Å². The molecule has 1 aliphatic heterocycles. The Morgan fingerprint density at radius 3 is 2.47 bits per heavy atom. The number of hydrogen-bond donors (Lipinski definition) is 0. The van der Waals surface area contributed by atoms with Gasteiger partial charge >= 0.3 is 0 Å². The summed E-state index contributed by atoms with van der Waals surface area (Å²) in [7, 11) is 0. The summed E-state index contributed by atoms with van der Waals surface area (Å²) in [5.41, 5.74) is 1.91. The molecule has 0 aromatic rings. The second-order valence-electron chi connectivity index (χ2n) is 3.18. The molecule has 0 aromatic carbocycles. The van der Waals surface area contributed by atoms with Gasteiger partial charge in [-0.05, 0) is 18.9 Å². The Morgan fingerprint density at radius 1 is 1.47 bits per heavy atom.